The van der Waals surface area contributed by atoms with E-state index in [4.69, 9.17) is 9.47 Å². The Labute approximate surface area is 238 Å². The van der Waals surface area contributed by atoms with Crippen LogP contribution in [0.1, 0.15) is 55.8 Å². The Morgan fingerprint density at radius 2 is 1.88 bits per heavy atom. The molecule has 208 valence electrons. The molecule has 3 heterocycles. The molecule has 4 aromatic rings. The number of aryl methyl sites for hydroxylation is 2. The van der Waals surface area contributed by atoms with Gasteiger partial charge < -0.3 is 20.1 Å². The summed E-state index contributed by atoms with van der Waals surface area (Å²) in [4.78, 5) is 58.4. The van der Waals surface area contributed by atoms with Gasteiger partial charge in [-0.2, -0.15) is 0 Å². The normalized spacial score (nSPS) is 12.6. The van der Waals surface area contributed by atoms with Crippen LogP contribution < -0.4 is 20.9 Å². The minimum atomic E-state index is -0.464. The van der Waals surface area contributed by atoms with Gasteiger partial charge in [0.1, 0.15) is 22.1 Å². The summed E-state index contributed by atoms with van der Waals surface area (Å²) < 4.78 is 11.8. The summed E-state index contributed by atoms with van der Waals surface area (Å²) in [6, 6.07) is 7.04. The SMILES string of the molecule is CCOC(=O)c1c(NC(=O)Cn2cnc3sc(C(=O)Nc4ccccc4OC)c(C)c3c2=O)sc2c1CCCC2. The predicted molar refractivity (Wildman–Crippen MR) is 155 cm³/mol. The molecule has 0 spiro atoms. The van der Waals surface area contributed by atoms with Gasteiger partial charge in [0, 0.05) is 4.88 Å². The first-order valence-electron chi connectivity index (χ1n) is 12.9. The van der Waals surface area contributed by atoms with Gasteiger partial charge in [-0.05, 0) is 62.8 Å². The lowest BCUT2D eigenvalue weighted by Gasteiger charge is -2.12. The number of amides is 2. The zero-order valence-electron chi connectivity index (χ0n) is 22.3. The molecule has 10 nitrogen and oxygen atoms in total. The molecule has 0 saturated carbocycles. The summed E-state index contributed by atoms with van der Waals surface area (Å²) in [6.07, 6.45) is 4.92. The number of nitrogens with zero attached hydrogens (tertiary/aromatic N) is 2. The van der Waals surface area contributed by atoms with Gasteiger partial charge in [0.2, 0.25) is 5.91 Å². The molecule has 0 unspecified atom stereocenters. The molecule has 0 atom stereocenters. The average molecular weight is 581 g/mol. The van der Waals surface area contributed by atoms with E-state index < -0.39 is 17.4 Å². The van der Waals surface area contributed by atoms with E-state index in [2.05, 4.69) is 15.6 Å². The summed E-state index contributed by atoms with van der Waals surface area (Å²) in [6.45, 7) is 3.36. The minimum absolute atomic E-state index is 0.233. The molecular weight excluding hydrogens is 552 g/mol. The van der Waals surface area contributed by atoms with Gasteiger partial charge >= 0.3 is 5.97 Å². The highest BCUT2D eigenvalue weighted by Gasteiger charge is 2.27. The second kappa shape index (κ2) is 11.6. The van der Waals surface area contributed by atoms with Gasteiger partial charge in [-0.1, -0.05) is 12.1 Å². The Morgan fingerprint density at radius 1 is 1.10 bits per heavy atom. The lowest BCUT2D eigenvalue weighted by atomic mass is 9.95. The zero-order chi connectivity index (χ0) is 28.4. The maximum atomic E-state index is 13.4. The van der Waals surface area contributed by atoms with Gasteiger partial charge in [0.25, 0.3) is 11.5 Å². The number of esters is 1. The number of rotatable bonds is 8. The fraction of sp³-hybridized carbons (Fsp3) is 0.321. The van der Waals surface area contributed by atoms with E-state index in [1.165, 1.54) is 29.3 Å². The Balaban J connectivity index is 1.39. The average Bonchev–Trinajstić information content (AvgIpc) is 3.48. The van der Waals surface area contributed by atoms with Crippen LogP contribution in [-0.4, -0.2) is 41.1 Å². The summed E-state index contributed by atoms with van der Waals surface area (Å²) >= 11 is 2.49. The van der Waals surface area contributed by atoms with E-state index in [1.807, 2.05) is 0 Å². The van der Waals surface area contributed by atoms with Crippen molar-refractivity contribution in [3.8, 4) is 5.75 Å². The van der Waals surface area contributed by atoms with Crippen LogP contribution in [0.3, 0.4) is 0 Å². The van der Waals surface area contributed by atoms with Crippen LogP contribution in [0.2, 0.25) is 0 Å². The molecule has 2 amide bonds. The minimum Gasteiger partial charge on any atom is -0.495 e. The van der Waals surface area contributed by atoms with Crippen LogP contribution in [0.15, 0.2) is 35.4 Å². The number of para-hydroxylation sites is 2. The number of carbonyl (C=O) groups is 3. The van der Waals surface area contributed by atoms with Gasteiger partial charge in [-0.15, -0.1) is 22.7 Å². The highest BCUT2D eigenvalue weighted by atomic mass is 32.1. The number of hydrogen-bond acceptors (Lipinski definition) is 9. The molecule has 0 saturated heterocycles. The largest absolute Gasteiger partial charge is 0.495 e. The number of thiophene rings is 2. The summed E-state index contributed by atoms with van der Waals surface area (Å²) in [7, 11) is 1.52. The molecule has 0 aliphatic heterocycles. The summed E-state index contributed by atoms with van der Waals surface area (Å²) in [5.74, 6) is -0.791. The van der Waals surface area contributed by atoms with Gasteiger partial charge in [0.15, 0.2) is 0 Å². The molecule has 0 fully saturated rings. The standard InChI is InChI=1S/C28H28N4O6S2/c1-4-38-28(36)22-16-9-5-8-12-19(16)39-26(22)31-20(33)13-32-14-29-25-21(27(32)35)15(2)23(40-25)24(34)30-17-10-6-7-11-18(17)37-3/h6-7,10-11,14H,4-5,8-9,12-13H2,1-3H3,(H,30,34)(H,31,33). The quantitative estimate of drug-likeness (QED) is 0.287. The number of fused-ring (bicyclic) bond motifs is 2. The molecular formula is C28H28N4O6S2. The van der Waals surface area contributed by atoms with Crippen molar-refractivity contribution in [1.29, 1.82) is 0 Å². The third kappa shape index (κ3) is 5.24. The molecule has 12 heteroatoms. The van der Waals surface area contributed by atoms with Crippen LogP contribution in [0.25, 0.3) is 10.2 Å². The number of carbonyl (C=O) groups excluding carboxylic acids is 3. The van der Waals surface area contributed by atoms with E-state index >= 15 is 0 Å². The van der Waals surface area contributed by atoms with Crippen LogP contribution >= 0.6 is 22.7 Å². The van der Waals surface area contributed by atoms with E-state index in [9.17, 15) is 19.2 Å². The fourth-order valence-electron chi connectivity index (χ4n) is 4.81. The second-order valence-electron chi connectivity index (χ2n) is 9.25. The van der Waals surface area contributed by atoms with Crippen LogP contribution in [-0.2, 0) is 28.9 Å². The molecule has 2 N–H and O–H groups in total. The lowest BCUT2D eigenvalue weighted by Crippen LogP contribution is -2.28. The van der Waals surface area contributed by atoms with Crippen LogP contribution in [0.4, 0.5) is 10.7 Å². The molecule has 40 heavy (non-hydrogen) atoms. The maximum absolute atomic E-state index is 13.4. The van der Waals surface area contributed by atoms with Crippen molar-refractivity contribution in [1.82, 2.24) is 9.55 Å². The highest BCUT2D eigenvalue weighted by Crippen LogP contribution is 2.38. The summed E-state index contributed by atoms with van der Waals surface area (Å²) in [5, 5.41) is 6.38. The number of aromatic nitrogens is 2. The van der Waals surface area contributed by atoms with Crippen LogP contribution in [0.5, 0.6) is 5.75 Å². The number of methoxy groups -OCH3 is 1. The lowest BCUT2D eigenvalue weighted by molar-refractivity contribution is -0.116. The molecule has 1 aliphatic rings. The molecule has 5 rings (SSSR count). The number of hydrogen-bond donors (Lipinski definition) is 2. The number of nitrogens with one attached hydrogen (secondary N) is 2. The molecule has 0 radical (unpaired) electrons. The van der Waals surface area contributed by atoms with Crippen molar-refractivity contribution in [3.63, 3.8) is 0 Å². The predicted octanol–water partition coefficient (Wildman–Crippen LogP) is 4.78. The maximum Gasteiger partial charge on any atom is 0.341 e. The van der Waals surface area contributed by atoms with Crippen molar-refractivity contribution in [3.05, 3.63) is 67.4 Å². The van der Waals surface area contributed by atoms with Crippen LogP contribution in [0, 0.1) is 6.92 Å². The second-order valence-corrected chi connectivity index (χ2v) is 11.4. The van der Waals surface area contributed by atoms with E-state index in [-0.39, 0.29) is 24.4 Å². The van der Waals surface area contributed by atoms with E-state index in [1.54, 1.807) is 38.1 Å². The van der Waals surface area contributed by atoms with Gasteiger partial charge in [-0.25, -0.2) is 9.78 Å². The Hall–Kier alpha value is -4.03. The monoisotopic (exact) mass is 580 g/mol. The van der Waals surface area contributed by atoms with Gasteiger partial charge in [-0.3, -0.25) is 19.0 Å². The van der Waals surface area contributed by atoms with Crippen molar-refractivity contribution in [2.45, 2.75) is 46.1 Å². The topological polar surface area (TPSA) is 129 Å². The van der Waals surface area contributed by atoms with E-state index in [0.29, 0.717) is 37.3 Å². The van der Waals surface area contributed by atoms with Crippen molar-refractivity contribution in [2.75, 3.05) is 24.4 Å². The summed E-state index contributed by atoms with van der Waals surface area (Å²) in [5.41, 5.74) is 1.91. The fourth-order valence-corrected chi connectivity index (χ4v) is 7.14. The Bertz CT molecular complexity index is 1690. The van der Waals surface area contributed by atoms with E-state index in [0.717, 1.165) is 47.5 Å². The molecule has 0 bridgehead atoms. The van der Waals surface area contributed by atoms with Crippen molar-refractivity contribution in [2.24, 2.45) is 0 Å². The van der Waals surface area contributed by atoms with Gasteiger partial charge in [0.05, 0.1) is 41.6 Å². The third-order valence-electron chi connectivity index (χ3n) is 6.70. The number of benzene rings is 1. The zero-order valence-corrected chi connectivity index (χ0v) is 23.9. The van der Waals surface area contributed by atoms with Crippen molar-refractivity contribution >= 4 is 61.4 Å². The molecule has 3 aromatic heterocycles. The molecule has 1 aromatic carbocycles. The number of ether oxygens (including phenoxy) is 2. The number of anilines is 2. The smallest absolute Gasteiger partial charge is 0.341 e. The highest BCUT2D eigenvalue weighted by molar-refractivity contribution is 7.20. The first-order valence-corrected chi connectivity index (χ1v) is 14.5. The van der Waals surface area contributed by atoms with Crippen molar-refractivity contribution < 1.29 is 23.9 Å². The Kier molecular flexibility index (Phi) is 7.99. The first-order chi connectivity index (χ1) is 19.3. The third-order valence-corrected chi connectivity index (χ3v) is 9.10. The molecule has 1 aliphatic carbocycles. The Morgan fingerprint density at radius 3 is 2.65 bits per heavy atom. The first kappa shape index (κ1) is 27.5.